The monoisotopic (exact) mass is 538 g/mol. The predicted molar refractivity (Wildman–Crippen MR) is 160 cm³/mol. The van der Waals surface area contributed by atoms with Crippen LogP contribution >= 0.6 is 0 Å². The second kappa shape index (κ2) is 9.70. The molecule has 0 saturated carbocycles. The number of benzene rings is 4. The molecular formula is C36H30N2O3. The van der Waals surface area contributed by atoms with E-state index in [1.807, 2.05) is 108 Å². The first-order valence-electron chi connectivity index (χ1n) is 14.2. The number of carbonyl (C=O) groups excluding carboxylic acids is 3. The number of nitrogens with zero attached hydrogens (tertiary/aromatic N) is 1. The average molecular weight is 539 g/mol. The quantitative estimate of drug-likeness (QED) is 0.280. The maximum absolute atomic E-state index is 14.9. The van der Waals surface area contributed by atoms with Gasteiger partial charge in [-0.25, -0.2) is 0 Å². The van der Waals surface area contributed by atoms with Gasteiger partial charge in [0.15, 0.2) is 11.6 Å². The molecule has 4 atom stereocenters. The lowest BCUT2D eigenvalue weighted by Gasteiger charge is -2.38. The van der Waals surface area contributed by atoms with Gasteiger partial charge in [-0.2, -0.15) is 0 Å². The van der Waals surface area contributed by atoms with Crippen molar-refractivity contribution < 1.29 is 14.4 Å². The van der Waals surface area contributed by atoms with E-state index in [4.69, 9.17) is 0 Å². The molecule has 0 bridgehead atoms. The van der Waals surface area contributed by atoms with Crippen molar-refractivity contribution in [1.82, 2.24) is 4.90 Å². The molecule has 3 aliphatic rings. The van der Waals surface area contributed by atoms with Gasteiger partial charge in [0.2, 0.25) is 5.91 Å². The summed E-state index contributed by atoms with van der Waals surface area (Å²) in [5.74, 6) is -1.58. The summed E-state index contributed by atoms with van der Waals surface area (Å²) in [6.07, 6.45) is 5.82. The molecule has 5 heteroatoms. The van der Waals surface area contributed by atoms with E-state index in [1.54, 1.807) is 12.1 Å². The van der Waals surface area contributed by atoms with Gasteiger partial charge in [0.05, 0.1) is 12.0 Å². The summed E-state index contributed by atoms with van der Waals surface area (Å²) in [6, 6.07) is 30.9. The molecule has 3 aliphatic heterocycles. The molecule has 0 radical (unpaired) electrons. The van der Waals surface area contributed by atoms with Crippen LogP contribution in [0.25, 0.3) is 6.08 Å². The van der Waals surface area contributed by atoms with Gasteiger partial charge in [0.1, 0.15) is 11.5 Å². The third kappa shape index (κ3) is 3.65. The fourth-order valence-corrected chi connectivity index (χ4v) is 7.24. The Hall–Kier alpha value is -4.77. The number of amides is 1. The van der Waals surface area contributed by atoms with Crippen LogP contribution in [-0.2, 0) is 16.6 Å². The van der Waals surface area contributed by atoms with Crippen LogP contribution in [0.3, 0.4) is 0 Å². The third-order valence-corrected chi connectivity index (χ3v) is 8.96. The van der Waals surface area contributed by atoms with Gasteiger partial charge in [0, 0.05) is 23.0 Å². The summed E-state index contributed by atoms with van der Waals surface area (Å²) in [7, 11) is 0. The molecule has 4 aromatic rings. The van der Waals surface area contributed by atoms with Crippen molar-refractivity contribution in [3.63, 3.8) is 0 Å². The maximum Gasteiger partial charge on any atom is 0.238 e. The molecule has 1 saturated heterocycles. The Bertz CT molecular complexity index is 1710. The van der Waals surface area contributed by atoms with Crippen molar-refractivity contribution in [2.45, 2.75) is 37.3 Å². The standard InChI is InChI=1S/C36H30N2O3/c1-2-10-23-17-19-26(20-18-23)32(39)30-31(33(40)25-12-4-3-5-13-25)38-22-21-24-11-6-7-14-27(24)34(38)36(30)28-15-8-9-16-29(28)37-35(36)41/h3-9,11-22,30-31,34H,2,10H2,1H3,(H,37,41)/t30-,31-,34-,36-/m1/s1. The lowest BCUT2D eigenvalue weighted by atomic mass is 9.62. The normalized spacial score (nSPS) is 23.6. The highest BCUT2D eigenvalue weighted by molar-refractivity contribution is 6.16. The highest BCUT2D eigenvalue weighted by Crippen LogP contribution is 2.62. The molecule has 0 aliphatic carbocycles. The van der Waals surface area contributed by atoms with E-state index in [2.05, 4.69) is 12.2 Å². The van der Waals surface area contributed by atoms with Crippen LogP contribution in [0.1, 0.15) is 62.4 Å². The first kappa shape index (κ1) is 25.2. The molecule has 1 amide bonds. The number of fused-ring (bicyclic) bond motifs is 6. The van der Waals surface area contributed by atoms with Gasteiger partial charge < -0.3 is 10.2 Å². The number of ketones is 2. The zero-order valence-corrected chi connectivity index (χ0v) is 22.8. The molecule has 4 aromatic carbocycles. The summed E-state index contributed by atoms with van der Waals surface area (Å²) in [6.45, 7) is 2.12. The summed E-state index contributed by atoms with van der Waals surface area (Å²) in [5.41, 5.74) is 4.22. The topological polar surface area (TPSA) is 66.5 Å². The Kier molecular flexibility index (Phi) is 5.97. The van der Waals surface area contributed by atoms with Crippen LogP contribution in [0.4, 0.5) is 5.69 Å². The number of hydrogen-bond donors (Lipinski definition) is 1. The summed E-state index contributed by atoms with van der Waals surface area (Å²) >= 11 is 0. The van der Waals surface area contributed by atoms with Gasteiger partial charge >= 0.3 is 0 Å². The van der Waals surface area contributed by atoms with Crippen molar-refractivity contribution in [2.75, 3.05) is 5.32 Å². The van der Waals surface area contributed by atoms with E-state index in [1.165, 1.54) is 0 Å². The molecule has 0 aromatic heterocycles. The Morgan fingerprint density at radius 3 is 2.27 bits per heavy atom. The van der Waals surface area contributed by atoms with Crippen LogP contribution in [0.5, 0.6) is 0 Å². The number of carbonyl (C=O) groups is 3. The minimum Gasteiger partial charge on any atom is -0.358 e. The van der Waals surface area contributed by atoms with Gasteiger partial charge in [-0.1, -0.05) is 110 Å². The number of Topliss-reactive ketones (excluding diaryl/α,β-unsaturated/α-hetero) is 2. The third-order valence-electron chi connectivity index (χ3n) is 8.96. The van der Waals surface area contributed by atoms with Crippen LogP contribution in [0.2, 0.25) is 0 Å². The minimum absolute atomic E-state index is 0.172. The number of anilines is 1. The number of hydrogen-bond acceptors (Lipinski definition) is 4. The smallest absolute Gasteiger partial charge is 0.238 e. The molecule has 1 spiro atoms. The van der Waals surface area contributed by atoms with Crippen LogP contribution in [0, 0.1) is 5.92 Å². The summed E-state index contributed by atoms with van der Waals surface area (Å²) in [4.78, 5) is 45.8. The second-order valence-electron chi connectivity index (χ2n) is 11.1. The van der Waals surface area contributed by atoms with Gasteiger partial charge in [-0.05, 0) is 40.8 Å². The van der Waals surface area contributed by atoms with Gasteiger partial charge in [0.25, 0.3) is 0 Å². The Morgan fingerprint density at radius 1 is 0.805 bits per heavy atom. The van der Waals surface area contributed by atoms with E-state index in [9.17, 15) is 14.4 Å². The SMILES string of the molecule is CCCc1ccc(C(=O)[C@H]2[C@H](C(=O)c3ccccc3)N3C=Cc4ccccc4[C@@H]3[C@]23C(=O)Nc2ccccc23)cc1. The lowest BCUT2D eigenvalue weighted by Crippen LogP contribution is -2.49. The molecule has 1 fully saturated rings. The van der Waals surface area contributed by atoms with Gasteiger partial charge in [-0.15, -0.1) is 0 Å². The number of para-hydroxylation sites is 1. The van der Waals surface area contributed by atoms with Crippen LogP contribution in [0.15, 0.2) is 109 Å². The Morgan fingerprint density at radius 2 is 1.49 bits per heavy atom. The van der Waals surface area contributed by atoms with Gasteiger partial charge in [-0.3, -0.25) is 14.4 Å². The molecule has 1 N–H and O–H groups in total. The van der Waals surface area contributed by atoms with E-state index in [0.29, 0.717) is 16.8 Å². The highest BCUT2D eigenvalue weighted by Gasteiger charge is 2.70. The fourth-order valence-electron chi connectivity index (χ4n) is 7.24. The fraction of sp³-hybridized carbons (Fsp3) is 0.194. The minimum atomic E-state index is -1.31. The van der Waals surface area contributed by atoms with Crippen molar-refractivity contribution in [2.24, 2.45) is 5.92 Å². The zero-order chi connectivity index (χ0) is 28.1. The molecule has 7 rings (SSSR count). The summed E-state index contributed by atoms with van der Waals surface area (Å²) in [5, 5.41) is 3.10. The van der Waals surface area contributed by atoms with Crippen molar-refractivity contribution in [1.29, 1.82) is 0 Å². The lowest BCUT2D eigenvalue weighted by molar-refractivity contribution is -0.122. The van der Waals surface area contributed by atoms with Crippen molar-refractivity contribution in [3.8, 4) is 0 Å². The molecule has 3 heterocycles. The highest BCUT2D eigenvalue weighted by atomic mass is 16.2. The average Bonchev–Trinajstić information content (AvgIpc) is 3.49. The second-order valence-corrected chi connectivity index (χ2v) is 11.1. The Labute approximate surface area is 239 Å². The zero-order valence-electron chi connectivity index (χ0n) is 22.8. The predicted octanol–water partition coefficient (Wildman–Crippen LogP) is 6.62. The summed E-state index contributed by atoms with van der Waals surface area (Å²) < 4.78 is 0. The van der Waals surface area contributed by atoms with Crippen LogP contribution in [-0.4, -0.2) is 28.4 Å². The molecule has 0 unspecified atom stereocenters. The molecule has 41 heavy (non-hydrogen) atoms. The first-order chi connectivity index (χ1) is 20.1. The van der Waals surface area contributed by atoms with Crippen molar-refractivity contribution >= 4 is 29.2 Å². The Balaban J connectivity index is 1.50. The molecular weight excluding hydrogens is 508 g/mol. The maximum atomic E-state index is 14.9. The van der Waals surface area contributed by atoms with Crippen LogP contribution < -0.4 is 5.32 Å². The number of nitrogens with one attached hydrogen (secondary N) is 1. The van der Waals surface area contributed by atoms with Crippen molar-refractivity contribution in [3.05, 3.63) is 143 Å². The largest absolute Gasteiger partial charge is 0.358 e. The van der Waals surface area contributed by atoms with E-state index >= 15 is 0 Å². The molecule has 202 valence electrons. The van der Waals surface area contributed by atoms with E-state index in [0.717, 1.165) is 35.1 Å². The molecule has 5 nitrogen and oxygen atoms in total. The first-order valence-corrected chi connectivity index (χ1v) is 14.2. The number of aryl methyl sites for hydroxylation is 1. The van der Waals surface area contributed by atoms with E-state index < -0.39 is 23.4 Å². The number of rotatable bonds is 6. The van der Waals surface area contributed by atoms with E-state index in [-0.39, 0.29) is 17.5 Å².